The second-order valence-electron chi connectivity index (χ2n) is 5.69. The molecule has 19 heavy (non-hydrogen) atoms. The topological polar surface area (TPSA) is 49.5 Å². The van der Waals surface area contributed by atoms with Crippen LogP contribution in [0.5, 0.6) is 0 Å². The molecular weight excluding hydrogens is 236 g/mol. The Bertz CT molecular complexity index is 368. The largest absolute Gasteiger partial charge is 0.395 e. The Morgan fingerprint density at radius 2 is 2.00 bits per heavy atom. The molecule has 3 atom stereocenters. The molecule has 1 aromatic carbocycles. The maximum Gasteiger partial charge on any atom is 0.0558 e. The summed E-state index contributed by atoms with van der Waals surface area (Å²) in [5.41, 5.74) is 7.37. The van der Waals surface area contributed by atoms with Crippen molar-refractivity contribution in [3.63, 3.8) is 0 Å². The molecule has 1 aromatic rings. The summed E-state index contributed by atoms with van der Waals surface area (Å²) in [6.07, 6.45) is 3.58. The molecule has 1 aliphatic carbocycles. The predicted molar refractivity (Wildman–Crippen MR) is 79.1 cm³/mol. The molecule has 0 radical (unpaired) electrons. The fraction of sp³-hybridized carbons (Fsp3) is 0.625. The molecule has 3 unspecified atom stereocenters. The average molecular weight is 262 g/mol. The highest BCUT2D eigenvalue weighted by molar-refractivity contribution is 5.20. The van der Waals surface area contributed by atoms with Gasteiger partial charge in [0.2, 0.25) is 0 Å². The van der Waals surface area contributed by atoms with Crippen LogP contribution in [0.4, 0.5) is 0 Å². The summed E-state index contributed by atoms with van der Waals surface area (Å²) in [7, 11) is 2.11. The van der Waals surface area contributed by atoms with Crippen molar-refractivity contribution in [1.82, 2.24) is 4.90 Å². The molecule has 0 saturated heterocycles. The number of rotatable bonds is 5. The zero-order valence-corrected chi connectivity index (χ0v) is 11.8. The molecule has 0 bridgehead atoms. The number of likely N-dealkylation sites (N-methyl/N-ethyl adjacent to an activating group) is 1. The molecule has 3 N–H and O–H groups in total. The fourth-order valence-corrected chi connectivity index (χ4v) is 3.38. The van der Waals surface area contributed by atoms with E-state index < -0.39 is 0 Å². The Labute approximate surface area is 116 Å². The minimum absolute atomic E-state index is 0.223. The van der Waals surface area contributed by atoms with Gasteiger partial charge in [0.05, 0.1) is 6.61 Å². The highest BCUT2D eigenvalue weighted by Crippen LogP contribution is 2.37. The third kappa shape index (κ3) is 3.56. The van der Waals surface area contributed by atoms with Crippen LogP contribution in [-0.4, -0.2) is 42.8 Å². The molecule has 0 spiro atoms. The summed E-state index contributed by atoms with van der Waals surface area (Å²) in [6.45, 7) is 1.71. The van der Waals surface area contributed by atoms with Crippen molar-refractivity contribution in [2.24, 2.45) is 11.7 Å². The lowest BCUT2D eigenvalue weighted by Gasteiger charge is -2.41. The van der Waals surface area contributed by atoms with Gasteiger partial charge in [-0.1, -0.05) is 30.3 Å². The molecular formula is C16H26N2O. The van der Waals surface area contributed by atoms with E-state index in [4.69, 9.17) is 10.8 Å². The standard InChI is InChI=1S/C16H26N2O/c1-18(9-10-19)16-11-14(7-8-15(16)12-17)13-5-3-2-4-6-13/h2-6,14-16,19H,7-12,17H2,1H3. The number of benzene rings is 1. The summed E-state index contributed by atoms with van der Waals surface area (Å²) in [5.74, 6) is 1.20. The Kier molecular flexibility index (Phi) is 5.37. The molecule has 1 saturated carbocycles. The Hall–Kier alpha value is -0.900. The first kappa shape index (κ1) is 14.5. The highest BCUT2D eigenvalue weighted by atomic mass is 16.3. The van der Waals surface area contributed by atoms with Crippen LogP contribution >= 0.6 is 0 Å². The predicted octanol–water partition coefficient (Wildman–Crippen LogP) is 1.82. The first-order valence-corrected chi connectivity index (χ1v) is 7.32. The Morgan fingerprint density at radius 1 is 1.26 bits per heavy atom. The van der Waals surface area contributed by atoms with Crippen LogP contribution in [-0.2, 0) is 0 Å². The minimum atomic E-state index is 0.223. The summed E-state index contributed by atoms with van der Waals surface area (Å²) < 4.78 is 0. The van der Waals surface area contributed by atoms with Crippen molar-refractivity contribution in [1.29, 1.82) is 0 Å². The van der Waals surface area contributed by atoms with E-state index in [-0.39, 0.29) is 6.61 Å². The quantitative estimate of drug-likeness (QED) is 0.851. The number of hydrogen-bond donors (Lipinski definition) is 2. The van der Waals surface area contributed by atoms with Crippen LogP contribution in [0.2, 0.25) is 0 Å². The van der Waals surface area contributed by atoms with Gasteiger partial charge in [0.15, 0.2) is 0 Å². The average Bonchev–Trinajstić information content (AvgIpc) is 2.47. The number of aliphatic hydroxyl groups is 1. The number of nitrogens with zero attached hydrogens (tertiary/aromatic N) is 1. The second-order valence-corrected chi connectivity index (χ2v) is 5.69. The molecule has 0 heterocycles. The summed E-state index contributed by atoms with van der Waals surface area (Å²) >= 11 is 0. The van der Waals surface area contributed by atoms with Gasteiger partial charge >= 0.3 is 0 Å². The highest BCUT2D eigenvalue weighted by Gasteiger charge is 2.32. The Balaban J connectivity index is 2.07. The van der Waals surface area contributed by atoms with Crippen molar-refractivity contribution in [3.8, 4) is 0 Å². The van der Waals surface area contributed by atoms with Gasteiger partial charge in [-0.25, -0.2) is 0 Å². The number of hydrogen-bond acceptors (Lipinski definition) is 3. The first-order valence-electron chi connectivity index (χ1n) is 7.32. The zero-order valence-electron chi connectivity index (χ0n) is 11.8. The molecule has 3 nitrogen and oxygen atoms in total. The van der Waals surface area contributed by atoms with Gasteiger partial charge in [0.1, 0.15) is 0 Å². The van der Waals surface area contributed by atoms with Gasteiger partial charge < -0.3 is 15.7 Å². The lowest BCUT2D eigenvalue weighted by atomic mass is 9.75. The van der Waals surface area contributed by atoms with Crippen LogP contribution in [0.15, 0.2) is 30.3 Å². The Morgan fingerprint density at radius 3 is 2.63 bits per heavy atom. The minimum Gasteiger partial charge on any atom is -0.395 e. The van der Waals surface area contributed by atoms with Gasteiger partial charge in [0.25, 0.3) is 0 Å². The van der Waals surface area contributed by atoms with Crippen molar-refractivity contribution >= 4 is 0 Å². The maximum atomic E-state index is 9.14. The van der Waals surface area contributed by atoms with E-state index in [0.29, 0.717) is 17.9 Å². The third-order valence-electron chi connectivity index (χ3n) is 4.55. The molecule has 2 rings (SSSR count). The van der Waals surface area contributed by atoms with E-state index in [0.717, 1.165) is 19.5 Å². The summed E-state index contributed by atoms with van der Waals surface area (Å²) in [4.78, 5) is 2.28. The molecule has 1 aliphatic rings. The SMILES string of the molecule is CN(CCO)C1CC(c2ccccc2)CCC1CN. The van der Waals surface area contributed by atoms with Crippen molar-refractivity contribution < 1.29 is 5.11 Å². The van der Waals surface area contributed by atoms with Gasteiger partial charge in [-0.15, -0.1) is 0 Å². The second kappa shape index (κ2) is 7.04. The van der Waals surface area contributed by atoms with Crippen molar-refractivity contribution in [2.45, 2.75) is 31.2 Å². The zero-order chi connectivity index (χ0) is 13.7. The van der Waals surface area contributed by atoms with Crippen molar-refractivity contribution in [3.05, 3.63) is 35.9 Å². The third-order valence-corrected chi connectivity index (χ3v) is 4.55. The van der Waals surface area contributed by atoms with E-state index in [9.17, 15) is 0 Å². The van der Waals surface area contributed by atoms with Crippen LogP contribution in [0.3, 0.4) is 0 Å². The van der Waals surface area contributed by atoms with E-state index in [1.165, 1.54) is 18.4 Å². The van der Waals surface area contributed by atoms with E-state index >= 15 is 0 Å². The summed E-state index contributed by atoms with van der Waals surface area (Å²) in [5, 5.41) is 9.14. The molecule has 0 aliphatic heterocycles. The van der Waals surface area contributed by atoms with Gasteiger partial charge in [-0.3, -0.25) is 0 Å². The fourth-order valence-electron chi connectivity index (χ4n) is 3.38. The van der Waals surface area contributed by atoms with Crippen LogP contribution in [0, 0.1) is 5.92 Å². The number of nitrogens with two attached hydrogens (primary N) is 1. The molecule has 0 aromatic heterocycles. The van der Waals surface area contributed by atoms with E-state index in [2.05, 4.69) is 42.3 Å². The molecule has 1 fully saturated rings. The van der Waals surface area contributed by atoms with E-state index in [1.807, 2.05) is 0 Å². The van der Waals surface area contributed by atoms with Crippen molar-refractivity contribution in [2.75, 3.05) is 26.7 Å². The van der Waals surface area contributed by atoms with Crippen LogP contribution in [0.25, 0.3) is 0 Å². The monoisotopic (exact) mass is 262 g/mol. The van der Waals surface area contributed by atoms with E-state index in [1.54, 1.807) is 0 Å². The molecule has 3 heteroatoms. The molecule has 0 amide bonds. The lowest BCUT2D eigenvalue weighted by molar-refractivity contribution is 0.102. The maximum absolute atomic E-state index is 9.14. The van der Waals surface area contributed by atoms with Gasteiger partial charge in [-0.2, -0.15) is 0 Å². The lowest BCUT2D eigenvalue weighted by Crippen LogP contribution is -2.45. The molecule has 106 valence electrons. The summed E-state index contributed by atoms with van der Waals surface area (Å²) in [6, 6.07) is 11.3. The normalized spacial score (nSPS) is 27.7. The van der Waals surface area contributed by atoms with Crippen LogP contribution in [0.1, 0.15) is 30.7 Å². The number of aliphatic hydroxyl groups excluding tert-OH is 1. The first-order chi connectivity index (χ1) is 9.26. The van der Waals surface area contributed by atoms with Gasteiger partial charge in [0, 0.05) is 12.6 Å². The van der Waals surface area contributed by atoms with Gasteiger partial charge in [-0.05, 0) is 50.3 Å². The smallest absolute Gasteiger partial charge is 0.0558 e. The van der Waals surface area contributed by atoms with Crippen LogP contribution < -0.4 is 5.73 Å².